The Labute approximate surface area is 298 Å². The number of fused-ring (bicyclic) bond motifs is 1. The third kappa shape index (κ3) is 7.53. The Bertz CT molecular complexity index is 1820. The van der Waals surface area contributed by atoms with Gasteiger partial charge in [-0.3, -0.25) is 9.59 Å². The molecule has 49 heavy (non-hydrogen) atoms. The molecule has 0 unspecified atom stereocenters. The number of thioether (sulfide) groups is 1. The fourth-order valence-corrected chi connectivity index (χ4v) is 8.31. The first-order valence-corrected chi connectivity index (χ1v) is 17.6. The van der Waals surface area contributed by atoms with Gasteiger partial charge in [-0.15, -0.1) is 11.8 Å². The number of aromatic nitrogens is 1. The zero-order chi connectivity index (χ0) is 34.5. The van der Waals surface area contributed by atoms with E-state index >= 15 is 4.79 Å². The third-order valence-electron chi connectivity index (χ3n) is 8.84. The molecule has 4 amide bonds. The molecule has 2 fully saturated rings. The molecule has 2 saturated heterocycles. The molecule has 2 aliphatic heterocycles. The van der Waals surface area contributed by atoms with Gasteiger partial charge in [-0.25, -0.2) is 9.18 Å². The number of rotatable bonds is 11. The molecule has 6 rings (SSSR count). The molecule has 2 atom stereocenters. The van der Waals surface area contributed by atoms with Crippen LogP contribution in [0.4, 0.5) is 9.18 Å². The zero-order valence-corrected chi connectivity index (χ0v) is 29.0. The molecule has 14 heteroatoms. The highest BCUT2D eigenvalue weighted by Crippen LogP contribution is 2.55. The van der Waals surface area contributed by atoms with Crippen LogP contribution in [0, 0.1) is 5.82 Å². The van der Waals surface area contributed by atoms with Gasteiger partial charge in [0.2, 0.25) is 11.8 Å². The topological polar surface area (TPSA) is 124 Å². The summed E-state index contributed by atoms with van der Waals surface area (Å²) in [6.45, 7) is 2.83. The van der Waals surface area contributed by atoms with Gasteiger partial charge >= 0.3 is 6.03 Å². The number of carbonyl (C=O) groups excluding carboxylic acids is 3. The Kier molecular flexibility index (Phi) is 11.0. The van der Waals surface area contributed by atoms with Crippen molar-refractivity contribution in [2.24, 2.45) is 5.73 Å². The number of hydrogen-bond donors (Lipinski definition) is 3. The highest BCUT2D eigenvalue weighted by molar-refractivity contribution is 8.01. The lowest BCUT2D eigenvalue weighted by molar-refractivity contribution is -0.136. The molecular weight excluding hydrogens is 690 g/mol. The van der Waals surface area contributed by atoms with Crippen LogP contribution in [-0.2, 0) is 20.9 Å². The van der Waals surface area contributed by atoms with Crippen LogP contribution in [0.3, 0.4) is 0 Å². The predicted octanol–water partition coefficient (Wildman–Crippen LogP) is 5.45. The van der Waals surface area contributed by atoms with Crippen LogP contribution in [0.2, 0.25) is 10.0 Å². The number of carbonyl (C=O) groups is 3. The Morgan fingerprint density at radius 3 is 2.51 bits per heavy atom. The maximum atomic E-state index is 15.1. The van der Waals surface area contributed by atoms with Crippen molar-refractivity contribution in [3.8, 4) is 0 Å². The second-order valence-corrected chi connectivity index (χ2v) is 14.2. The van der Waals surface area contributed by atoms with Crippen molar-refractivity contribution in [1.82, 2.24) is 25.0 Å². The smallest absolute Gasteiger partial charge is 0.317 e. The maximum absolute atomic E-state index is 15.1. The largest absolute Gasteiger partial charge is 0.378 e. The van der Waals surface area contributed by atoms with Crippen LogP contribution in [0.25, 0.3) is 10.9 Å². The number of urea groups is 1. The number of likely N-dealkylation sites (tertiary alicyclic amines) is 1. The fourth-order valence-electron chi connectivity index (χ4n) is 6.53. The van der Waals surface area contributed by atoms with E-state index in [1.807, 2.05) is 42.6 Å². The minimum Gasteiger partial charge on any atom is -0.378 e. The first kappa shape index (κ1) is 35.0. The van der Waals surface area contributed by atoms with E-state index < -0.39 is 16.6 Å². The minimum absolute atomic E-state index is 0.0153. The molecule has 2 aliphatic rings. The van der Waals surface area contributed by atoms with Crippen LogP contribution in [-0.4, -0.2) is 94.8 Å². The molecule has 3 aromatic carbocycles. The summed E-state index contributed by atoms with van der Waals surface area (Å²) in [4.78, 5) is 51.4. The number of benzene rings is 3. The summed E-state index contributed by atoms with van der Waals surface area (Å²) in [6.07, 6.45) is 1.74. The monoisotopic (exact) mass is 726 g/mol. The summed E-state index contributed by atoms with van der Waals surface area (Å²) in [5.74, 6) is -1.03. The third-order valence-corrected chi connectivity index (χ3v) is 10.8. The van der Waals surface area contributed by atoms with E-state index in [0.717, 1.165) is 21.4 Å². The lowest BCUT2D eigenvalue weighted by atomic mass is 9.90. The van der Waals surface area contributed by atoms with Crippen molar-refractivity contribution in [3.63, 3.8) is 0 Å². The molecule has 0 aliphatic carbocycles. The lowest BCUT2D eigenvalue weighted by Gasteiger charge is -2.42. The highest BCUT2D eigenvalue weighted by Gasteiger charge is 2.60. The SMILES string of the molecule is NCCOCCNC(=O)N1CCN(C(=O)[C@]2(Sc3ccccc3)CC(=O)N(Cc3ccc(Cl)c(F)c3)[C@H]2c2c[nH]c3cc(Cl)ccc23)CC1. The second-order valence-electron chi connectivity index (χ2n) is 12.0. The van der Waals surface area contributed by atoms with Gasteiger partial charge in [-0.2, -0.15) is 0 Å². The van der Waals surface area contributed by atoms with Crippen molar-refractivity contribution < 1.29 is 23.5 Å². The molecule has 0 bridgehead atoms. The number of piperazine rings is 1. The number of hydrogen-bond acceptors (Lipinski definition) is 6. The lowest BCUT2D eigenvalue weighted by Crippen LogP contribution is -2.58. The first-order chi connectivity index (χ1) is 23.7. The number of halogens is 3. The van der Waals surface area contributed by atoms with E-state index in [0.29, 0.717) is 63.1 Å². The van der Waals surface area contributed by atoms with Crippen LogP contribution in [0.15, 0.2) is 77.8 Å². The molecule has 10 nitrogen and oxygen atoms in total. The standard InChI is InChI=1S/C35H37Cl2FN6O4S/c36-24-7-8-26-27(21-41-30(26)19-24)32-35(49-25-4-2-1-3-5-25,20-31(45)44(32)22-23-6-9-28(37)29(38)18-23)33(46)42-12-14-43(15-13-42)34(47)40-11-17-48-16-10-39/h1-9,18-19,21,32,41H,10-17,20,22,39H2,(H,40,47)/t32-,35-/m0/s1. The normalized spacial score (nSPS) is 19.6. The van der Waals surface area contributed by atoms with Crippen LogP contribution >= 0.6 is 35.0 Å². The van der Waals surface area contributed by atoms with Gasteiger partial charge in [-0.05, 0) is 42.0 Å². The second kappa shape index (κ2) is 15.4. The van der Waals surface area contributed by atoms with Crippen molar-refractivity contribution in [3.05, 3.63) is 99.9 Å². The van der Waals surface area contributed by atoms with Crippen LogP contribution in [0.5, 0.6) is 0 Å². The van der Waals surface area contributed by atoms with Crippen molar-refractivity contribution in [2.45, 2.75) is 28.6 Å². The Hall–Kier alpha value is -3.81. The molecule has 1 aromatic heterocycles. The van der Waals surface area contributed by atoms with Gasteiger partial charge in [0.25, 0.3) is 0 Å². The predicted molar refractivity (Wildman–Crippen MR) is 189 cm³/mol. The maximum Gasteiger partial charge on any atom is 0.317 e. The zero-order valence-electron chi connectivity index (χ0n) is 26.7. The molecule has 0 spiro atoms. The quantitative estimate of drug-likeness (QED) is 0.177. The Morgan fingerprint density at radius 1 is 1.02 bits per heavy atom. The van der Waals surface area contributed by atoms with Crippen molar-refractivity contribution in [1.29, 1.82) is 0 Å². The Balaban J connectivity index is 1.35. The molecule has 4 aromatic rings. The summed E-state index contributed by atoms with van der Waals surface area (Å²) in [6, 6.07) is 18.5. The van der Waals surface area contributed by atoms with Gasteiger partial charge in [0.05, 0.1) is 30.7 Å². The van der Waals surface area contributed by atoms with Crippen molar-refractivity contribution in [2.75, 3.05) is 52.5 Å². The van der Waals surface area contributed by atoms with Gasteiger partial charge in [-0.1, -0.05) is 53.5 Å². The summed E-state index contributed by atoms with van der Waals surface area (Å²) < 4.78 is 18.7. The van der Waals surface area contributed by atoms with Gasteiger partial charge < -0.3 is 35.5 Å². The number of nitrogens with one attached hydrogen (secondary N) is 2. The fraction of sp³-hybridized carbons (Fsp3) is 0.343. The number of amides is 4. The number of nitrogens with two attached hydrogens (primary N) is 1. The molecule has 258 valence electrons. The molecule has 4 N–H and O–H groups in total. The van der Waals surface area contributed by atoms with Crippen molar-refractivity contribution >= 4 is 63.7 Å². The highest BCUT2D eigenvalue weighted by atomic mass is 35.5. The van der Waals surface area contributed by atoms with E-state index in [4.69, 9.17) is 33.7 Å². The molecular formula is C35H37Cl2FN6O4S. The first-order valence-electron chi connectivity index (χ1n) is 16.0. The van der Waals surface area contributed by atoms with Gasteiger partial charge in [0, 0.05) is 78.4 Å². The summed E-state index contributed by atoms with van der Waals surface area (Å²) in [7, 11) is 0. The van der Waals surface area contributed by atoms with E-state index in [-0.39, 0.29) is 35.8 Å². The van der Waals surface area contributed by atoms with Crippen LogP contribution < -0.4 is 11.1 Å². The van der Waals surface area contributed by atoms with E-state index in [1.54, 1.807) is 32.9 Å². The van der Waals surface area contributed by atoms with E-state index in [9.17, 15) is 14.0 Å². The number of aromatic amines is 1. The summed E-state index contributed by atoms with van der Waals surface area (Å²) in [5.41, 5.74) is 7.51. The molecule has 0 saturated carbocycles. The summed E-state index contributed by atoms with van der Waals surface area (Å²) >= 11 is 13.7. The van der Waals surface area contributed by atoms with E-state index in [2.05, 4.69) is 10.3 Å². The number of H-pyrrole nitrogens is 1. The average Bonchev–Trinajstić information content (AvgIpc) is 3.63. The minimum atomic E-state index is -1.30. The number of ether oxygens (including phenoxy) is 1. The molecule has 3 heterocycles. The van der Waals surface area contributed by atoms with E-state index in [1.165, 1.54) is 23.9 Å². The van der Waals surface area contributed by atoms with Gasteiger partial charge in [0.1, 0.15) is 10.6 Å². The number of nitrogens with zero attached hydrogens (tertiary/aromatic N) is 3. The molecule has 0 radical (unpaired) electrons. The average molecular weight is 728 g/mol. The summed E-state index contributed by atoms with van der Waals surface area (Å²) in [5, 5.41) is 4.20. The van der Waals surface area contributed by atoms with Crippen LogP contribution in [0.1, 0.15) is 23.6 Å². The van der Waals surface area contributed by atoms with Gasteiger partial charge in [0.15, 0.2) is 0 Å². The Morgan fingerprint density at radius 2 is 1.78 bits per heavy atom.